The van der Waals surface area contributed by atoms with E-state index < -0.39 is 5.97 Å². The smallest absolute Gasteiger partial charge is 0.356 e. The minimum Gasteiger partial charge on any atom is -0.493 e. The second-order valence-electron chi connectivity index (χ2n) is 7.40. The van der Waals surface area contributed by atoms with Crippen LogP contribution in [0.1, 0.15) is 21.6 Å². The van der Waals surface area contributed by atoms with Gasteiger partial charge >= 0.3 is 5.97 Å². The Hall–Kier alpha value is -3.52. The minimum atomic E-state index is -0.573. The molecule has 1 amide bonds. The Kier molecular flexibility index (Phi) is 5.81. The molecule has 0 aliphatic carbocycles. The van der Waals surface area contributed by atoms with Crippen LogP contribution >= 0.6 is 0 Å². The van der Waals surface area contributed by atoms with Crippen molar-refractivity contribution in [1.29, 1.82) is 0 Å². The number of methoxy groups -OCH3 is 3. The van der Waals surface area contributed by atoms with Gasteiger partial charge in [0.15, 0.2) is 11.5 Å². The number of H-pyrrole nitrogens is 1. The Morgan fingerprint density at radius 2 is 1.77 bits per heavy atom. The van der Waals surface area contributed by atoms with Gasteiger partial charge in [-0.15, -0.1) is 0 Å². The maximum absolute atomic E-state index is 12.9. The summed E-state index contributed by atoms with van der Waals surface area (Å²) in [4.78, 5) is 30.4. The third-order valence-corrected chi connectivity index (χ3v) is 5.53. The summed E-state index contributed by atoms with van der Waals surface area (Å²) in [7, 11) is 4.36. The number of benzene rings is 2. The third kappa shape index (κ3) is 4.06. The van der Waals surface area contributed by atoms with E-state index in [1.807, 2.05) is 12.1 Å². The molecule has 0 spiro atoms. The Balaban J connectivity index is 1.60. The van der Waals surface area contributed by atoms with Crippen LogP contribution < -0.4 is 14.8 Å². The number of anilines is 1. The van der Waals surface area contributed by atoms with E-state index in [-0.39, 0.29) is 18.1 Å². The zero-order chi connectivity index (χ0) is 22.0. The molecule has 1 aliphatic rings. The Bertz CT molecular complexity index is 1140. The molecular formula is C23H25N3O5. The number of esters is 1. The number of fused-ring (bicyclic) bond motifs is 2. The van der Waals surface area contributed by atoms with Gasteiger partial charge in [-0.1, -0.05) is 24.3 Å². The number of amides is 1. The first-order valence-corrected chi connectivity index (χ1v) is 9.99. The van der Waals surface area contributed by atoms with Gasteiger partial charge in [-0.2, -0.15) is 0 Å². The fourth-order valence-corrected chi connectivity index (χ4v) is 3.98. The first-order valence-electron chi connectivity index (χ1n) is 9.99. The summed E-state index contributed by atoms with van der Waals surface area (Å²) in [5.41, 5.74) is 3.72. The summed E-state index contributed by atoms with van der Waals surface area (Å²) in [5.74, 6) is 0.225. The maximum Gasteiger partial charge on any atom is 0.356 e. The summed E-state index contributed by atoms with van der Waals surface area (Å²) in [6, 6.07) is 11.7. The Morgan fingerprint density at radius 1 is 1.06 bits per heavy atom. The van der Waals surface area contributed by atoms with Crippen LogP contribution in [0.5, 0.6) is 11.5 Å². The highest BCUT2D eigenvalue weighted by Gasteiger charge is 2.24. The molecule has 2 aromatic carbocycles. The van der Waals surface area contributed by atoms with Crippen molar-refractivity contribution in [1.82, 2.24) is 9.88 Å². The summed E-state index contributed by atoms with van der Waals surface area (Å²) in [6.07, 6.45) is 0.904. The Morgan fingerprint density at radius 3 is 2.48 bits per heavy atom. The van der Waals surface area contributed by atoms with E-state index in [1.54, 1.807) is 12.1 Å². The molecule has 0 radical (unpaired) electrons. The second-order valence-corrected chi connectivity index (χ2v) is 7.40. The van der Waals surface area contributed by atoms with Crippen LogP contribution in [-0.2, 0) is 22.5 Å². The van der Waals surface area contributed by atoms with Gasteiger partial charge < -0.3 is 24.5 Å². The standard InChI is InChI=1S/C23H25N3O5/c1-29-18-10-16-17(11-19(18)30-2)24-22(23(28)31-3)21(16)25-20(27)13-26-9-8-14-6-4-5-7-15(14)12-26/h4-7,10-11,24H,8-9,12-13H2,1-3H3,(H,25,27). The zero-order valence-electron chi connectivity index (χ0n) is 17.8. The zero-order valence-corrected chi connectivity index (χ0v) is 17.8. The number of carbonyl (C=O) groups excluding carboxylic acids is 2. The van der Waals surface area contributed by atoms with Gasteiger partial charge in [-0.3, -0.25) is 9.69 Å². The molecule has 8 nitrogen and oxygen atoms in total. The van der Waals surface area contributed by atoms with E-state index in [0.29, 0.717) is 34.6 Å². The number of nitrogens with one attached hydrogen (secondary N) is 2. The molecule has 0 atom stereocenters. The number of carbonyl (C=O) groups is 2. The fourth-order valence-electron chi connectivity index (χ4n) is 3.98. The van der Waals surface area contributed by atoms with E-state index >= 15 is 0 Å². The van der Waals surface area contributed by atoms with Crippen LogP contribution in [0.3, 0.4) is 0 Å². The predicted molar refractivity (Wildman–Crippen MR) is 117 cm³/mol. The van der Waals surface area contributed by atoms with Crippen molar-refractivity contribution in [3.63, 3.8) is 0 Å². The first-order chi connectivity index (χ1) is 15.0. The maximum atomic E-state index is 12.9. The van der Waals surface area contributed by atoms with E-state index in [4.69, 9.17) is 14.2 Å². The van der Waals surface area contributed by atoms with E-state index in [0.717, 1.165) is 13.0 Å². The van der Waals surface area contributed by atoms with Gasteiger partial charge in [0.05, 0.1) is 39.1 Å². The lowest BCUT2D eigenvalue weighted by atomic mass is 10.00. The SMILES string of the molecule is COC(=O)c1[nH]c2cc(OC)c(OC)cc2c1NC(=O)CN1CCc2ccccc2C1. The van der Waals surface area contributed by atoms with Crippen molar-refractivity contribution in [3.05, 3.63) is 53.2 Å². The van der Waals surface area contributed by atoms with Crippen LogP contribution in [0.4, 0.5) is 5.69 Å². The number of ether oxygens (including phenoxy) is 3. The fraction of sp³-hybridized carbons (Fsp3) is 0.304. The molecule has 1 aliphatic heterocycles. The number of hydrogen-bond donors (Lipinski definition) is 2. The van der Waals surface area contributed by atoms with Crippen molar-refractivity contribution in [2.24, 2.45) is 0 Å². The van der Waals surface area contributed by atoms with Crippen molar-refractivity contribution in [3.8, 4) is 11.5 Å². The second kappa shape index (κ2) is 8.69. The summed E-state index contributed by atoms with van der Waals surface area (Å²) < 4.78 is 15.6. The van der Waals surface area contributed by atoms with E-state index in [9.17, 15) is 9.59 Å². The van der Waals surface area contributed by atoms with E-state index in [1.165, 1.54) is 32.5 Å². The number of nitrogens with zero attached hydrogens (tertiary/aromatic N) is 1. The lowest BCUT2D eigenvalue weighted by Gasteiger charge is -2.28. The number of aromatic amines is 1. The van der Waals surface area contributed by atoms with E-state index in [2.05, 4.69) is 27.3 Å². The van der Waals surface area contributed by atoms with Gasteiger partial charge in [0, 0.05) is 24.5 Å². The van der Waals surface area contributed by atoms with Gasteiger partial charge in [0.2, 0.25) is 5.91 Å². The lowest BCUT2D eigenvalue weighted by Crippen LogP contribution is -2.37. The normalized spacial score (nSPS) is 13.5. The molecule has 162 valence electrons. The lowest BCUT2D eigenvalue weighted by molar-refractivity contribution is -0.117. The monoisotopic (exact) mass is 423 g/mol. The third-order valence-electron chi connectivity index (χ3n) is 5.53. The van der Waals surface area contributed by atoms with Gasteiger partial charge in [0.25, 0.3) is 0 Å². The molecule has 31 heavy (non-hydrogen) atoms. The number of rotatable bonds is 6. The molecule has 4 rings (SSSR count). The van der Waals surface area contributed by atoms with Crippen LogP contribution in [-0.4, -0.2) is 56.2 Å². The quantitative estimate of drug-likeness (QED) is 0.592. The Labute approximate surface area is 180 Å². The van der Waals surface area contributed by atoms with Gasteiger partial charge in [-0.05, 0) is 23.6 Å². The van der Waals surface area contributed by atoms with Crippen molar-refractivity contribution in [2.45, 2.75) is 13.0 Å². The highest BCUT2D eigenvalue weighted by atomic mass is 16.5. The topological polar surface area (TPSA) is 92.9 Å². The molecule has 0 fully saturated rings. The largest absolute Gasteiger partial charge is 0.493 e. The molecule has 0 unspecified atom stereocenters. The molecular weight excluding hydrogens is 398 g/mol. The highest BCUT2D eigenvalue weighted by Crippen LogP contribution is 2.37. The first kappa shape index (κ1) is 20.7. The molecule has 0 saturated heterocycles. The number of aromatic nitrogens is 1. The number of hydrogen-bond acceptors (Lipinski definition) is 6. The molecule has 2 N–H and O–H groups in total. The molecule has 3 aromatic rings. The molecule has 0 bridgehead atoms. The van der Waals surface area contributed by atoms with Crippen molar-refractivity contribution in [2.75, 3.05) is 39.7 Å². The van der Waals surface area contributed by atoms with Gasteiger partial charge in [0.1, 0.15) is 5.69 Å². The van der Waals surface area contributed by atoms with Crippen LogP contribution in [0.2, 0.25) is 0 Å². The van der Waals surface area contributed by atoms with Crippen molar-refractivity contribution < 1.29 is 23.8 Å². The molecule has 2 heterocycles. The van der Waals surface area contributed by atoms with Crippen LogP contribution in [0, 0.1) is 0 Å². The average molecular weight is 423 g/mol. The summed E-state index contributed by atoms with van der Waals surface area (Å²) >= 11 is 0. The van der Waals surface area contributed by atoms with Crippen LogP contribution in [0.25, 0.3) is 10.9 Å². The molecule has 8 heteroatoms. The van der Waals surface area contributed by atoms with Gasteiger partial charge in [-0.25, -0.2) is 4.79 Å². The molecule has 0 saturated carbocycles. The molecule has 1 aromatic heterocycles. The van der Waals surface area contributed by atoms with Crippen molar-refractivity contribution >= 4 is 28.5 Å². The minimum absolute atomic E-state index is 0.171. The average Bonchev–Trinajstić information content (AvgIpc) is 3.14. The summed E-state index contributed by atoms with van der Waals surface area (Å²) in [6.45, 7) is 1.73. The van der Waals surface area contributed by atoms with Crippen LogP contribution in [0.15, 0.2) is 36.4 Å². The summed E-state index contributed by atoms with van der Waals surface area (Å²) in [5, 5.41) is 3.53. The highest BCUT2D eigenvalue weighted by molar-refractivity contribution is 6.11. The predicted octanol–water partition coefficient (Wildman–Crippen LogP) is 2.97.